The van der Waals surface area contributed by atoms with E-state index >= 15 is 0 Å². The molecule has 4 heteroatoms. The van der Waals surface area contributed by atoms with E-state index in [-0.39, 0.29) is 5.69 Å². The monoisotopic (exact) mass is 310 g/mol. The van der Waals surface area contributed by atoms with Crippen molar-refractivity contribution in [3.63, 3.8) is 0 Å². The van der Waals surface area contributed by atoms with Gasteiger partial charge in [0.1, 0.15) is 0 Å². The second kappa shape index (κ2) is 4.92. The normalized spacial score (nSPS) is 14.9. The molecular weight excluding hydrogens is 292 g/mol. The molecule has 1 aromatic carbocycles. The number of imidazole rings is 1. The van der Waals surface area contributed by atoms with E-state index in [9.17, 15) is 4.79 Å². The topological polar surface area (TPSA) is 26.9 Å². The van der Waals surface area contributed by atoms with Crippen molar-refractivity contribution in [2.75, 3.05) is 0 Å². The maximum absolute atomic E-state index is 11.9. The highest BCUT2D eigenvalue weighted by atomic mass is 79.9. The van der Waals surface area contributed by atoms with Crippen LogP contribution in [0.1, 0.15) is 30.7 Å². The van der Waals surface area contributed by atoms with Gasteiger partial charge in [0.2, 0.25) is 0 Å². The molecule has 0 aliphatic rings. The molecule has 0 spiro atoms. The number of benzene rings is 1. The lowest BCUT2D eigenvalue weighted by Crippen LogP contribution is -2.19. The van der Waals surface area contributed by atoms with E-state index in [0.29, 0.717) is 10.7 Å². The van der Waals surface area contributed by atoms with Gasteiger partial charge in [0, 0.05) is 18.9 Å². The number of alkyl halides is 1. The zero-order valence-electron chi connectivity index (χ0n) is 11.3. The van der Waals surface area contributed by atoms with Gasteiger partial charge in [0.25, 0.3) is 0 Å². The predicted molar refractivity (Wildman–Crippen MR) is 79.3 cm³/mol. The summed E-state index contributed by atoms with van der Waals surface area (Å²) in [7, 11) is 3.63. The second-order valence-electron chi connectivity index (χ2n) is 4.94. The summed E-state index contributed by atoms with van der Waals surface area (Å²) in [6, 6.07) is 6.25. The number of rotatable bonds is 3. The standard InChI is InChI=1S/C14H19BrN2O/c1-5-9(2)13(15)10-6-7-11-12(8-10)17(4)14(18)16(11)3/h6-9,13H,5H2,1-4H3. The van der Waals surface area contributed by atoms with Gasteiger partial charge in [-0.2, -0.15) is 0 Å². The van der Waals surface area contributed by atoms with E-state index < -0.39 is 0 Å². The molecule has 3 nitrogen and oxygen atoms in total. The van der Waals surface area contributed by atoms with E-state index in [0.717, 1.165) is 17.5 Å². The van der Waals surface area contributed by atoms with E-state index in [2.05, 4.69) is 41.9 Å². The highest BCUT2D eigenvalue weighted by molar-refractivity contribution is 9.09. The molecule has 0 saturated carbocycles. The number of fused-ring (bicyclic) bond motifs is 1. The van der Waals surface area contributed by atoms with Crippen molar-refractivity contribution in [2.45, 2.75) is 25.1 Å². The molecule has 0 saturated heterocycles. The Hall–Kier alpha value is -1.03. The Morgan fingerprint density at radius 3 is 2.44 bits per heavy atom. The van der Waals surface area contributed by atoms with Crippen LogP contribution in [0.25, 0.3) is 11.0 Å². The van der Waals surface area contributed by atoms with Crippen molar-refractivity contribution in [3.8, 4) is 0 Å². The number of aromatic nitrogens is 2. The lowest BCUT2D eigenvalue weighted by molar-refractivity contribution is 0.556. The van der Waals surface area contributed by atoms with E-state index in [1.165, 1.54) is 5.56 Å². The fraction of sp³-hybridized carbons (Fsp3) is 0.500. The van der Waals surface area contributed by atoms with Gasteiger partial charge in [0.05, 0.1) is 11.0 Å². The molecule has 2 atom stereocenters. The third kappa shape index (κ3) is 2.03. The minimum absolute atomic E-state index is 0.0248. The average Bonchev–Trinajstić information content (AvgIpc) is 2.61. The largest absolute Gasteiger partial charge is 0.328 e. The highest BCUT2D eigenvalue weighted by Gasteiger charge is 2.16. The quantitative estimate of drug-likeness (QED) is 0.799. The van der Waals surface area contributed by atoms with Crippen molar-refractivity contribution in [1.82, 2.24) is 9.13 Å². The fourth-order valence-electron chi connectivity index (χ4n) is 2.23. The van der Waals surface area contributed by atoms with Crippen LogP contribution in [0.15, 0.2) is 23.0 Å². The van der Waals surface area contributed by atoms with Gasteiger partial charge in [-0.05, 0) is 23.6 Å². The summed E-state index contributed by atoms with van der Waals surface area (Å²) in [5.74, 6) is 0.572. The van der Waals surface area contributed by atoms with Crippen LogP contribution in [-0.4, -0.2) is 9.13 Å². The van der Waals surface area contributed by atoms with Crippen LogP contribution in [0.5, 0.6) is 0 Å². The van der Waals surface area contributed by atoms with Gasteiger partial charge in [0.15, 0.2) is 0 Å². The van der Waals surface area contributed by atoms with Crippen molar-refractivity contribution in [1.29, 1.82) is 0 Å². The maximum atomic E-state index is 11.9. The first-order chi connectivity index (χ1) is 8.47. The summed E-state index contributed by atoms with van der Waals surface area (Å²) in [6.07, 6.45) is 1.13. The lowest BCUT2D eigenvalue weighted by Gasteiger charge is -2.17. The summed E-state index contributed by atoms with van der Waals surface area (Å²) in [4.78, 5) is 12.2. The number of nitrogens with zero attached hydrogens (tertiary/aromatic N) is 2. The van der Waals surface area contributed by atoms with Crippen LogP contribution < -0.4 is 5.69 Å². The number of hydrogen-bond acceptors (Lipinski definition) is 1. The van der Waals surface area contributed by atoms with Gasteiger partial charge < -0.3 is 0 Å². The molecule has 0 amide bonds. The average molecular weight is 311 g/mol. The smallest absolute Gasteiger partial charge is 0.295 e. The Kier molecular flexibility index (Phi) is 3.66. The molecular formula is C14H19BrN2O. The van der Waals surface area contributed by atoms with Gasteiger partial charge >= 0.3 is 5.69 Å². The molecule has 18 heavy (non-hydrogen) atoms. The van der Waals surface area contributed by atoms with Crippen LogP contribution in [0, 0.1) is 5.92 Å². The van der Waals surface area contributed by atoms with Crippen LogP contribution in [0.2, 0.25) is 0 Å². The number of aryl methyl sites for hydroxylation is 2. The van der Waals surface area contributed by atoms with Crippen LogP contribution >= 0.6 is 15.9 Å². The lowest BCUT2D eigenvalue weighted by atomic mass is 9.98. The fourth-order valence-corrected chi connectivity index (χ4v) is 2.89. The van der Waals surface area contributed by atoms with Crippen LogP contribution in [0.4, 0.5) is 0 Å². The number of hydrogen-bond donors (Lipinski definition) is 0. The van der Waals surface area contributed by atoms with Crippen LogP contribution in [-0.2, 0) is 14.1 Å². The third-order valence-corrected chi connectivity index (χ3v) is 5.19. The van der Waals surface area contributed by atoms with Crippen molar-refractivity contribution in [2.24, 2.45) is 20.0 Å². The molecule has 2 rings (SSSR count). The van der Waals surface area contributed by atoms with Crippen LogP contribution in [0.3, 0.4) is 0 Å². The Morgan fingerprint density at radius 1 is 1.22 bits per heavy atom. The molecule has 2 unspecified atom stereocenters. The molecule has 0 aliphatic heterocycles. The van der Waals surface area contributed by atoms with E-state index in [1.54, 1.807) is 9.13 Å². The number of halogens is 1. The second-order valence-corrected chi connectivity index (χ2v) is 5.92. The minimum Gasteiger partial charge on any atom is -0.295 e. The van der Waals surface area contributed by atoms with E-state index in [4.69, 9.17) is 0 Å². The molecule has 0 N–H and O–H groups in total. The van der Waals surface area contributed by atoms with E-state index in [1.807, 2.05) is 20.2 Å². The summed E-state index contributed by atoms with van der Waals surface area (Å²) < 4.78 is 3.39. The molecule has 1 aromatic heterocycles. The first-order valence-electron chi connectivity index (χ1n) is 6.26. The summed E-state index contributed by atoms with van der Waals surface area (Å²) in [6.45, 7) is 4.42. The molecule has 0 aliphatic carbocycles. The zero-order chi connectivity index (χ0) is 13.4. The first-order valence-corrected chi connectivity index (χ1v) is 7.18. The Bertz CT molecular complexity index is 626. The third-order valence-electron chi connectivity index (χ3n) is 3.76. The highest BCUT2D eigenvalue weighted by Crippen LogP contribution is 2.33. The Morgan fingerprint density at radius 2 is 1.83 bits per heavy atom. The van der Waals surface area contributed by atoms with Crippen molar-refractivity contribution < 1.29 is 0 Å². The molecule has 2 aromatic rings. The summed E-state index contributed by atoms with van der Waals surface area (Å²) in [5, 5.41) is 0. The van der Waals surface area contributed by atoms with Gasteiger partial charge in [-0.15, -0.1) is 0 Å². The Labute approximate surface area is 116 Å². The summed E-state index contributed by atoms with van der Waals surface area (Å²) >= 11 is 3.75. The van der Waals surface area contributed by atoms with Gasteiger partial charge in [-0.3, -0.25) is 9.13 Å². The molecule has 1 heterocycles. The molecule has 0 fully saturated rings. The molecule has 0 radical (unpaired) electrons. The van der Waals surface area contributed by atoms with Gasteiger partial charge in [-0.1, -0.05) is 42.3 Å². The summed E-state index contributed by atoms with van der Waals surface area (Å²) in [5.41, 5.74) is 3.23. The molecule has 98 valence electrons. The minimum atomic E-state index is 0.0248. The predicted octanol–water partition coefficient (Wildman–Crippen LogP) is 3.36. The van der Waals surface area contributed by atoms with Crippen molar-refractivity contribution >= 4 is 27.0 Å². The Balaban J connectivity index is 2.57. The molecule has 0 bridgehead atoms. The zero-order valence-corrected chi connectivity index (χ0v) is 12.9. The van der Waals surface area contributed by atoms with Gasteiger partial charge in [-0.25, -0.2) is 4.79 Å². The first kappa shape index (κ1) is 13.4. The maximum Gasteiger partial charge on any atom is 0.328 e. The van der Waals surface area contributed by atoms with Crippen molar-refractivity contribution in [3.05, 3.63) is 34.2 Å². The SMILES string of the molecule is CCC(C)C(Br)c1ccc2c(c1)n(C)c(=O)n2C.